The topological polar surface area (TPSA) is 68.8 Å². The van der Waals surface area contributed by atoms with Crippen molar-refractivity contribution in [2.45, 2.75) is 0 Å². The monoisotopic (exact) mass is 317 g/mol. The Bertz CT molecular complexity index is 998. The molecule has 24 heavy (non-hydrogen) atoms. The fourth-order valence-electron chi connectivity index (χ4n) is 2.62. The molecule has 1 N–H and O–H groups in total. The molecule has 4 aromatic rings. The number of nitrogens with one attached hydrogen (secondary N) is 1. The minimum atomic E-state index is 0.547. The van der Waals surface area contributed by atoms with Gasteiger partial charge in [0.2, 0.25) is 5.89 Å². The summed E-state index contributed by atoms with van der Waals surface area (Å²) in [5, 5.41) is 7.49. The lowest BCUT2D eigenvalue weighted by molar-refractivity contribution is 0.620. The first-order valence-corrected chi connectivity index (χ1v) is 7.50. The van der Waals surface area contributed by atoms with Crippen molar-refractivity contribution in [2.24, 2.45) is 0 Å². The summed E-state index contributed by atoms with van der Waals surface area (Å²) in [6.07, 6.45) is 7.10. The molecule has 3 heterocycles. The number of aromatic nitrogens is 4. The summed E-state index contributed by atoms with van der Waals surface area (Å²) in [6, 6.07) is 9.57. The molecule has 4 rings (SSSR count). The quantitative estimate of drug-likeness (QED) is 0.620. The lowest BCUT2D eigenvalue weighted by Crippen LogP contribution is -2.02. The molecule has 3 aromatic heterocycles. The van der Waals surface area contributed by atoms with E-state index in [1.807, 2.05) is 43.6 Å². The summed E-state index contributed by atoms with van der Waals surface area (Å²) in [6.45, 7) is 3.87. The molecule has 0 aliphatic heterocycles. The van der Waals surface area contributed by atoms with Gasteiger partial charge in [0.15, 0.2) is 5.58 Å². The molecule has 0 aliphatic rings. The van der Waals surface area contributed by atoms with Crippen LogP contribution in [0.4, 0.5) is 5.82 Å². The Labute approximate surface area is 138 Å². The van der Waals surface area contributed by atoms with E-state index in [9.17, 15) is 0 Å². The molecule has 0 bridgehead atoms. The fourth-order valence-corrected chi connectivity index (χ4v) is 2.62. The molecule has 0 atom stereocenters. The van der Waals surface area contributed by atoms with Gasteiger partial charge in [-0.3, -0.25) is 0 Å². The number of pyridine rings is 1. The second-order valence-electron chi connectivity index (χ2n) is 5.21. The molecule has 0 spiro atoms. The predicted molar refractivity (Wildman–Crippen MR) is 94.0 cm³/mol. The summed E-state index contributed by atoms with van der Waals surface area (Å²) < 4.78 is 7.56. The molecule has 1 aromatic carbocycles. The van der Waals surface area contributed by atoms with E-state index in [1.165, 1.54) is 0 Å². The van der Waals surface area contributed by atoms with Gasteiger partial charge in [-0.2, -0.15) is 5.10 Å². The zero-order valence-corrected chi connectivity index (χ0v) is 13.1. The average Bonchev–Trinajstić information content (AvgIpc) is 3.27. The molecule has 0 saturated heterocycles. The largest absolute Gasteiger partial charge is 0.436 e. The van der Waals surface area contributed by atoms with E-state index < -0.39 is 0 Å². The summed E-state index contributed by atoms with van der Waals surface area (Å²) in [7, 11) is 1.83. The smallest absolute Gasteiger partial charge is 0.230 e. The predicted octanol–water partition coefficient (Wildman–Crippen LogP) is 3.76. The van der Waals surface area contributed by atoms with Gasteiger partial charge in [-0.1, -0.05) is 24.8 Å². The van der Waals surface area contributed by atoms with Crippen LogP contribution in [0.3, 0.4) is 0 Å². The number of benzene rings is 1. The highest BCUT2D eigenvalue weighted by atomic mass is 16.3. The van der Waals surface area contributed by atoms with Gasteiger partial charge in [0.05, 0.1) is 17.4 Å². The zero-order chi connectivity index (χ0) is 16.5. The Hall–Kier alpha value is -3.41. The molecule has 0 amide bonds. The first-order chi connectivity index (χ1) is 11.8. The minimum absolute atomic E-state index is 0.547. The fraction of sp³-hybridized carbons (Fsp3) is 0.0556. The molecule has 6 nitrogen and oxygen atoms in total. The van der Waals surface area contributed by atoms with Gasteiger partial charge < -0.3 is 9.73 Å². The van der Waals surface area contributed by atoms with Crippen LogP contribution in [0.25, 0.3) is 34.3 Å². The molecule has 0 fully saturated rings. The van der Waals surface area contributed by atoms with Gasteiger partial charge in [-0.15, -0.1) is 0 Å². The number of nitrogens with zero attached hydrogens (tertiary/aromatic N) is 4. The van der Waals surface area contributed by atoms with Crippen LogP contribution in [0.1, 0.15) is 5.56 Å². The molecule has 0 radical (unpaired) electrons. The number of hydrogen-bond acceptors (Lipinski definition) is 5. The molecule has 0 saturated carbocycles. The van der Waals surface area contributed by atoms with Gasteiger partial charge in [0, 0.05) is 25.0 Å². The Kier molecular flexibility index (Phi) is 3.35. The van der Waals surface area contributed by atoms with Crippen LogP contribution in [0.2, 0.25) is 0 Å². The third-order valence-corrected chi connectivity index (χ3v) is 3.78. The van der Waals surface area contributed by atoms with Gasteiger partial charge in [0.1, 0.15) is 11.3 Å². The van der Waals surface area contributed by atoms with Crippen molar-refractivity contribution in [1.29, 1.82) is 0 Å². The summed E-state index contributed by atoms with van der Waals surface area (Å²) >= 11 is 0. The lowest BCUT2D eigenvalue weighted by atomic mass is 10.2. The van der Waals surface area contributed by atoms with Crippen LogP contribution in [0.5, 0.6) is 0 Å². The van der Waals surface area contributed by atoms with E-state index >= 15 is 0 Å². The van der Waals surface area contributed by atoms with Crippen molar-refractivity contribution in [2.75, 3.05) is 12.4 Å². The van der Waals surface area contributed by atoms with Gasteiger partial charge in [0.25, 0.3) is 0 Å². The summed E-state index contributed by atoms with van der Waals surface area (Å²) in [5.41, 5.74) is 4.16. The first-order valence-electron chi connectivity index (χ1n) is 7.50. The molecule has 0 aliphatic carbocycles. The molecule has 6 heteroatoms. The van der Waals surface area contributed by atoms with Crippen molar-refractivity contribution in [3.63, 3.8) is 0 Å². The number of hydrogen-bond donors (Lipinski definition) is 1. The van der Waals surface area contributed by atoms with Crippen LogP contribution >= 0.6 is 0 Å². The maximum absolute atomic E-state index is 5.80. The van der Waals surface area contributed by atoms with E-state index in [2.05, 4.69) is 27.0 Å². The van der Waals surface area contributed by atoms with E-state index in [0.29, 0.717) is 5.89 Å². The van der Waals surface area contributed by atoms with Crippen LogP contribution in [0, 0.1) is 0 Å². The zero-order valence-electron chi connectivity index (χ0n) is 13.1. The molecular weight excluding hydrogens is 302 g/mol. The van der Waals surface area contributed by atoms with Gasteiger partial charge >= 0.3 is 0 Å². The highest BCUT2D eigenvalue weighted by molar-refractivity contribution is 5.76. The number of para-hydroxylation sites is 2. The van der Waals surface area contributed by atoms with E-state index in [0.717, 1.165) is 33.7 Å². The summed E-state index contributed by atoms with van der Waals surface area (Å²) in [5.74, 6) is 1.30. The first kappa shape index (κ1) is 14.2. The third-order valence-electron chi connectivity index (χ3n) is 3.78. The highest BCUT2D eigenvalue weighted by Gasteiger charge is 2.13. The van der Waals surface area contributed by atoms with Crippen LogP contribution in [-0.2, 0) is 0 Å². The van der Waals surface area contributed by atoms with Crippen molar-refractivity contribution < 1.29 is 4.42 Å². The van der Waals surface area contributed by atoms with E-state index in [1.54, 1.807) is 23.2 Å². The molecular formula is C18H15N5O. The number of anilines is 1. The van der Waals surface area contributed by atoms with E-state index in [4.69, 9.17) is 4.42 Å². The lowest BCUT2D eigenvalue weighted by Gasteiger charge is -2.09. The maximum atomic E-state index is 5.80. The Morgan fingerprint density at radius 1 is 1.25 bits per heavy atom. The molecule has 118 valence electrons. The standard InChI is InChI=1S/C18H15N5O/c1-3-13-15(8-9-20-17(13)19-2)23-11-12(10-21-23)18-22-14-6-4-5-7-16(14)24-18/h3-11H,1H2,2H3,(H,19,20). The maximum Gasteiger partial charge on any atom is 0.230 e. The minimum Gasteiger partial charge on any atom is -0.436 e. The van der Waals surface area contributed by atoms with Crippen molar-refractivity contribution in [1.82, 2.24) is 19.7 Å². The van der Waals surface area contributed by atoms with Crippen molar-refractivity contribution in [3.05, 3.63) is 61.1 Å². The number of fused-ring (bicyclic) bond motifs is 1. The van der Waals surface area contributed by atoms with Crippen LogP contribution in [-0.4, -0.2) is 26.8 Å². The van der Waals surface area contributed by atoms with Crippen molar-refractivity contribution >= 4 is 23.0 Å². The normalized spacial score (nSPS) is 10.9. The second kappa shape index (κ2) is 5.66. The highest BCUT2D eigenvalue weighted by Crippen LogP contribution is 2.26. The number of oxazole rings is 1. The Morgan fingerprint density at radius 3 is 2.92 bits per heavy atom. The SMILES string of the molecule is C=Cc1c(-n2cc(-c3nc4ccccc4o3)cn2)ccnc1NC. The van der Waals surface area contributed by atoms with Crippen LogP contribution < -0.4 is 5.32 Å². The van der Waals surface area contributed by atoms with Gasteiger partial charge in [-0.25, -0.2) is 14.6 Å². The Balaban J connectivity index is 1.79. The van der Waals surface area contributed by atoms with Crippen LogP contribution in [0.15, 0.2) is 59.9 Å². The average molecular weight is 317 g/mol. The Morgan fingerprint density at radius 2 is 2.12 bits per heavy atom. The molecule has 0 unspecified atom stereocenters. The third kappa shape index (κ3) is 2.25. The van der Waals surface area contributed by atoms with E-state index in [-0.39, 0.29) is 0 Å². The summed E-state index contributed by atoms with van der Waals surface area (Å²) in [4.78, 5) is 8.80. The van der Waals surface area contributed by atoms with Crippen molar-refractivity contribution in [3.8, 4) is 17.1 Å². The second-order valence-corrected chi connectivity index (χ2v) is 5.21. The number of rotatable bonds is 4. The van der Waals surface area contributed by atoms with Gasteiger partial charge in [-0.05, 0) is 18.2 Å².